The van der Waals surface area contributed by atoms with Gasteiger partial charge in [-0.25, -0.2) is 0 Å². The summed E-state index contributed by atoms with van der Waals surface area (Å²) >= 11 is 6.08. The maximum absolute atomic E-state index is 12.5. The Hall–Kier alpha value is -2.00. The Kier molecular flexibility index (Phi) is 3.36. The van der Waals surface area contributed by atoms with Gasteiger partial charge in [0.2, 0.25) is 0 Å². The zero-order valence-electron chi connectivity index (χ0n) is 10.9. The summed E-state index contributed by atoms with van der Waals surface area (Å²) < 4.78 is 5.55. The molecule has 0 radical (unpaired) electrons. The minimum absolute atomic E-state index is 0.115. The molecule has 1 aliphatic rings. The highest BCUT2D eigenvalue weighted by atomic mass is 35.5. The molecule has 1 aliphatic heterocycles. The molecule has 2 N–H and O–H groups in total. The molecule has 4 heteroatoms. The highest BCUT2D eigenvalue weighted by Crippen LogP contribution is 2.28. The van der Waals surface area contributed by atoms with E-state index in [1.807, 2.05) is 12.1 Å². The number of halogens is 1. The van der Waals surface area contributed by atoms with E-state index in [1.165, 1.54) is 0 Å². The molecule has 2 aromatic rings. The molecule has 2 aromatic carbocycles. The van der Waals surface area contributed by atoms with Gasteiger partial charge in [0, 0.05) is 16.8 Å². The lowest BCUT2D eigenvalue weighted by Gasteiger charge is -2.17. The number of rotatable bonds is 2. The molecule has 1 heterocycles. The van der Waals surface area contributed by atoms with Crippen LogP contribution in [0.25, 0.3) is 0 Å². The average Bonchev–Trinajstić information content (AvgIpc) is 2.48. The SMILES string of the molecule is Nc1ccc(Cl)c(C(=O)c2ccc3c(c2)CCCO3)c1. The van der Waals surface area contributed by atoms with Gasteiger partial charge in [0.15, 0.2) is 5.78 Å². The number of hydrogen-bond donors (Lipinski definition) is 1. The van der Waals surface area contributed by atoms with Gasteiger partial charge in [-0.05, 0) is 54.8 Å². The van der Waals surface area contributed by atoms with Crippen molar-refractivity contribution in [3.8, 4) is 5.75 Å². The van der Waals surface area contributed by atoms with Crippen LogP contribution in [0.1, 0.15) is 27.9 Å². The summed E-state index contributed by atoms with van der Waals surface area (Å²) in [7, 11) is 0. The van der Waals surface area contributed by atoms with E-state index in [1.54, 1.807) is 24.3 Å². The number of ketones is 1. The van der Waals surface area contributed by atoms with Gasteiger partial charge in [0.25, 0.3) is 0 Å². The van der Waals surface area contributed by atoms with Crippen molar-refractivity contribution in [1.82, 2.24) is 0 Å². The van der Waals surface area contributed by atoms with Crippen LogP contribution in [0.4, 0.5) is 5.69 Å². The van der Waals surface area contributed by atoms with Gasteiger partial charge >= 0.3 is 0 Å². The molecule has 0 aliphatic carbocycles. The van der Waals surface area contributed by atoms with E-state index in [-0.39, 0.29) is 5.78 Å². The van der Waals surface area contributed by atoms with Crippen molar-refractivity contribution in [3.63, 3.8) is 0 Å². The number of anilines is 1. The van der Waals surface area contributed by atoms with Gasteiger partial charge in [-0.3, -0.25) is 4.79 Å². The fourth-order valence-corrected chi connectivity index (χ4v) is 2.58. The molecule has 0 amide bonds. The van der Waals surface area contributed by atoms with Gasteiger partial charge in [-0.15, -0.1) is 0 Å². The predicted molar refractivity (Wildman–Crippen MR) is 79.6 cm³/mol. The minimum atomic E-state index is -0.115. The number of fused-ring (bicyclic) bond motifs is 1. The molecule has 0 unspecified atom stereocenters. The number of carbonyl (C=O) groups excluding carboxylic acids is 1. The maximum Gasteiger partial charge on any atom is 0.194 e. The molecular formula is C16H14ClNO2. The first kappa shape index (κ1) is 13.0. The first-order valence-corrected chi connectivity index (χ1v) is 6.88. The molecule has 0 atom stereocenters. The predicted octanol–water partition coefficient (Wildman–Crippen LogP) is 3.48. The van der Waals surface area contributed by atoms with Crippen molar-refractivity contribution in [2.45, 2.75) is 12.8 Å². The van der Waals surface area contributed by atoms with Gasteiger partial charge in [0.1, 0.15) is 5.75 Å². The lowest BCUT2D eigenvalue weighted by atomic mass is 9.98. The quantitative estimate of drug-likeness (QED) is 0.679. The normalized spacial score (nSPS) is 13.4. The van der Waals surface area contributed by atoms with E-state index in [0.29, 0.717) is 21.8 Å². The Morgan fingerprint density at radius 2 is 2.05 bits per heavy atom. The lowest BCUT2D eigenvalue weighted by Crippen LogP contribution is -2.10. The second-order valence-corrected chi connectivity index (χ2v) is 5.25. The number of ether oxygens (including phenoxy) is 1. The first-order chi connectivity index (χ1) is 9.65. The topological polar surface area (TPSA) is 52.3 Å². The Morgan fingerprint density at radius 3 is 2.90 bits per heavy atom. The molecule has 0 aromatic heterocycles. The molecule has 3 nitrogen and oxygen atoms in total. The van der Waals surface area contributed by atoms with Crippen molar-refractivity contribution in [3.05, 3.63) is 58.1 Å². The molecule has 0 saturated carbocycles. The van der Waals surface area contributed by atoms with Crippen LogP contribution < -0.4 is 10.5 Å². The van der Waals surface area contributed by atoms with E-state index in [4.69, 9.17) is 22.1 Å². The first-order valence-electron chi connectivity index (χ1n) is 6.50. The molecule has 3 rings (SSSR count). The number of hydrogen-bond acceptors (Lipinski definition) is 3. The van der Waals surface area contributed by atoms with Crippen molar-refractivity contribution in [1.29, 1.82) is 0 Å². The Labute approximate surface area is 122 Å². The fraction of sp³-hybridized carbons (Fsp3) is 0.188. The van der Waals surface area contributed by atoms with Crippen LogP contribution in [0.5, 0.6) is 5.75 Å². The zero-order chi connectivity index (χ0) is 14.1. The van der Waals surface area contributed by atoms with Crippen molar-refractivity contribution in [2.24, 2.45) is 0 Å². The highest BCUT2D eigenvalue weighted by molar-refractivity contribution is 6.35. The fourth-order valence-electron chi connectivity index (χ4n) is 2.37. The average molecular weight is 288 g/mol. The summed E-state index contributed by atoms with van der Waals surface area (Å²) in [6.45, 7) is 0.737. The summed E-state index contributed by atoms with van der Waals surface area (Å²) in [6, 6.07) is 10.4. The van der Waals surface area contributed by atoms with Crippen LogP contribution >= 0.6 is 11.6 Å². The van der Waals surface area contributed by atoms with E-state index >= 15 is 0 Å². The van der Waals surface area contributed by atoms with Crippen molar-refractivity contribution in [2.75, 3.05) is 12.3 Å². The summed E-state index contributed by atoms with van der Waals surface area (Å²) in [5.41, 5.74) is 8.37. The minimum Gasteiger partial charge on any atom is -0.493 e. The lowest BCUT2D eigenvalue weighted by molar-refractivity contribution is 0.103. The number of carbonyl (C=O) groups is 1. The Bertz CT molecular complexity index is 682. The molecule has 0 spiro atoms. The third-order valence-corrected chi connectivity index (χ3v) is 3.74. The Morgan fingerprint density at radius 1 is 1.20 bits per heavy atom. The summed E-state index contributed by atoms with van der Waals surface area (Å²) in [5.74, 6) is 0.752. The smallest absolute Gasteiger partial charge is 0.194 e. The second-order valence-electron chi connectivity index (χ2n) is 4.84. The molecule has 0 saturated heterocycles. The molecular weight excluding hydrogens is 274 g/mol. The molecule has 20 heavy (non-hydrogen) atoms. The zero-order valence-corrected chi connectivity index (χ0v) is 11.6. The summed E-state index contributed by atoms with van der Waals surface area (Å²) in [6.07, 6.45) is 1.91. The van der Waals surface area contributed by atoms with Gasteiger partial charge in [-0.1, -0.05) is 11.6 Å². The largest absolute Gasteiger partial charge is 0.493 e. The highest BCUT2D eigenvalue weighted by Gasteiger charge is 2.17. The third kappa shape index (κ3) is 2.37. The van der Waals surface area contributed by atoms with E-state index in [2.05, 4.69) is 0 Å². The van der Waals surface area contributed by atoms with Crippen LogP contribution in [0, 0.1) is 0 Å². The van der Waals surface area contributed by atoms with Gasteiger partial charge in [-0.2, -0.15) is 0 Å². The Balaban J connectivity index is 2.00. The van der Waals surface area contributed by atoms with Crippen LogP contribution in [-0.4, -0.2) is 12.4 Å². The van der Waals surface area contributed by atoms with Gasteiger partial charge < -0.3 is 10.5 Å². The summed E-state index contributed by atoms with van der Waals surface area (Å²) in [4.78, 5) is 12.5. The molecule has 102 valence electrons. The van der Waals surface area contributed by atoms with Crippen LogP contribution in [0.2, 0.25) is 5.02 Å². The number of nitrogens with two attached hydrogens (primary N) is 1. The third-order valence-electron chi connectivity index (χ3n) is 3.41. The number of nitrogen functional groups attached to an aromatic ring is 1. The van der Waals surface area contributed by atoms with E-state index < -0.39 is 0 Å². The van der Waals surface area contributed by atoms with Crippen LogP contribution in [0.15, 0.2) is 36.4 Å². The second kappa shape index (κ2) is 5.17. The van der Waals surface area contributed by atoms with Crippen molar-refractivity contribution >= 4 is 23.1 Å². The van der Waals surface area contributed by atoms with Gasteiger partial charge in [0.05, 0.1) is 11.6 Å². The monoisotopic (exact) mass is 287 g/mol. The number of aryl methyl sites for hydroxylation is 1. The van der Waals surface area contributed by atoms with E-state index in [0.717, 1.165) is 30.8 Å². The maximum atomic E-state index is 12.5. The summed E-state index contributed by atoms with van der Waals surface area (Å²) in [5, 5.41) is 0.415. The number of benzene rings is 2. The molecule has 0 fully saturated rings. The van der Waals surface area contributed by atoms with Crippen LogP contribution in [-0.2, 0) is 6.42 Å². The van der Waals surface area contributed by atoms with E-state index in [9.17, 15) is 4.79 Å². The van der Waals surface area contributed by atoms with Crippen molar-refractivity contribution < 1.29 is 9.53 Å². The molecule has 0 bridgehead atoms. The van der Waals surface area contributed by atoms with Crippen LogP contribution in [0.3, 0.4) is 0 Å². The standard InChI is InChI=1S/C16H14ClNO2/c17-14-5-4-12(18)9-13(14)16(19)11-3-6-15-10(8-11)2-1-7-20-15/h3-6,8-9H,1-2,7,18H2.